The molecule has 1 aromatic carbocycles. The number of carbonyl (C=O) groups excluding carboxylic acids is 1. The maximum absolute atomic E-state index is 13.1. The smallest absolute Gasteiger partial charge is 0.272 e. The fraction of sp³-hybridized carbons (Fsp3) is 0.348. The van der Waals surface area contributed by atoms with Gasteiger partial charge in [-0.25, -0.2) is 8.42 Å². The van der Waals surface area contributed by atoms with Crippen molar-refractivity contribution >= 4 is 38.1 Å². The number of rotatable bonds is 6. The number of benzene rings is 1. The van der Waals surface area contributed by atoms with Gasteiger partial charge >= 0.3 is 0 Å². The van der Waals surface area contributed by atoms with Crippen LogP contribution in [0, 0.1) is 5.41 Å². The van der Waals surface area contributed by atoms with Gasteiger partial charge in [0.2, 0.25) is 0 Å². The van der Waals surface area contributed by atoms with Crippen LogP contribution in [0.2, 0.25) is 0 Å². The van der Waals surface area contributed by atoms with Crippen molar-refractivity contribution in [2.45, 2.75) is 25.4 Å². The van der Waals surface area contributed by atoms with Gasteiger partial charge in [-0.05, 0) is 31.4 Å². The maximum atomic E-state index is 13.1. The lowest BCUT2D eigenvalue weighted by atomic mass is 10.0. The zero-order chi connectivity index (χ0) is 23.6. The number of carbonyl (C=O) groups is 1. The molecule has 4 rings (SSSR count). The molecule has 1 atom stereocenters. The van der Waals surface area contributed by atoms with Crippen molar-refractivity contribution in [2.75, 3.05) is 30.5 Å². The number of sulfone groups is 1. The summed E-state index contributed by atoms with van der Waals surface area (Å²) < 4.78 is 29.1. The number of pyridine rings is 1. The zero-order valence-corrected chi connectivity index (χ0v) is 19.1. The Labute approximate surface area is 191 Å². The van der Waals surface area contributed by atoms with Gasteiger partial charge in [-0.3, -0.25) is 15.2 Å². The summed E-state index contributed by atoms with van der Waals surface area (Å²) in [6, 6.07) is 8.80. The molecule has 1 amide bonds. The fourth-order valence-electron chi connectivity index (χ4n) is 3.89. The van der Waals surface area contributed by atoms with Gasteiger partial charge in [0, 0.05) is 47.7 Å². The largest absolute Gasteiger partial charge is 0.464 e. The molecule has 174 valence electrons. The van der Waals surface area contributed by atoms with E-state index in [-0.39, 0.29) is 23.2 Å². The van der Waals surface area contributed by atoms with E-state index in [2.05, 4.69) is 10.3 Å². The van der Waals surface area contributed by atoms with Crippen LogP contribution in [0.15, 0.2) is 47.2 Å². The van der Waals surface area contributed by atoms with E-state index < -0.39 is 15.9 Å². The van der Waals surface area contributed by atoms with E-state index in [1.165, 1.54) is 18.5 Å². The Morgan fingerprint density at radius 1 is 1.27 bits per heavy atom. The summed E-state index contributed by atoms with van der Waals surface area (Å²) >= 11 is 0. The first kappa shape index (κ1) is 22.9. The molecule has 1 fully saturated rings. The lowest BCUT2D eigenvalue weighted by Crippen LogP contribution is -2.33. The Kier molecular flexibility index (Phi) is 6.48. The Morgan fingerprint density at radius 3 is 2.85 bits per heavy atom. The van der Waals surface area contributed by atoms with Gasteiger partial charge in [0.1, 0.15) is 23.4 Å². The molecule has 9 nitrogen and oxygen atoms in total. The van der Waals surface area contributed by atoms with Crippen LogP contribution in [-0.2, 0) is 9.84 Å². The normalized spacial score (nSPS) is 17.0. The van der Waals surface area contributed by atoms with Crippen LogP contribution in [0.25, 0.3) is 11.0 Å². The minimum Gasteiger partial charge on any atom is -0.464 e. The lowest BCUT2D eigenvalue weighted by Gasteiger charge is -2.21. The second kappa shape index (κ2) is 9.32. The topological polar surface area (TPSA) is 137 Å². The average molecular weight is 471 g/mol. The van der Waals surface area contributed by atoms with Crippen molar-refractivity contribution in [1.29, 1.82) is 5.41 Å². The summed E-state index contributed by atoms with van der Waals surface area (Å²) in [5, 5.41) is 22.2. The van der Waals surface area contributed by atoms with Crippen LogP contribution in [0.1, 0.15) is 40.9 Å². The Hall–Kier alpha value is -3.24. The molecule has 1 unspecified atom stereocenters. The van der Waals surface area contributed by atoms with Gasteiger partial charge in [-0.1, -0.05) is 18.2 Å². The van der Waals surface area contributed by atoms with Crippen molar-refractivity contribution in [3.05, 3.63) is 59.6 Å². The van der Waals surface area contributed by atoms with Crippen LogP contribution >= 0.6 is 0 Å². The number of aromatic nitrogens is 1. The molecule has 3 heterocycles. The molecule has 1 aliphatic rings. The fourth-order valence-corrected chi connectivity index (χ4v) is 4.30. The molecular formula is C23H26N4O5S. The molecule has 0 saturated carbocycles. The predicted octanol–water partition coefficient (Wildman–Crippen LogP) is 2.64. The first-order valence-electron chi connectivity index (χ1n) is 10.7. The van der Waals surface area contributed by atoms with Crippen molar-refractivity contribution in [1.82, 2.24) is 9.88 Å². The van der Waals surface area contributed by atoms with E-state index in [0.717, 1.165) is 11.6 Å². The molecule has 3 aromatic rings. The van der Waals surface area contributed by atoms with Gasteiger partial charge in [0.05, 0.1) is 11.8 Å². The van der Waals surface area contributed by atoms with Gasteiger partial charge in [-0.2, -0.15) is 0 Å². The third-order valence-corrected chi connectivity index (χ3v) is 6.32. The van der Waals surface area contributed by atoms with Crippen molar-refractivity contribution in [2.24, 2.45) is 0 Å². The first-order chi connectivity index (χ1) is 15.7. The number of aliphatic hydroxyl groups excluding tert-OH is 1. The van der Waals surface area contributed by atoms with E-state index in [1.54, 1.807) is 11.0 Å². The lowest BCUT2D eigenvalue weighted by molar-refractivity contribution is 0.0747. The molecule has 10 heteroatoms. The molecule has 0 spiro atoms. The number of nitrogens with one attached hydrogen (secondary N) is 2. The third kappa shape index (κ3) is 5.23. The number of furan rings is 1. The monoisotopic (exact) mass is 470 g/mol. The Balaban J connectivity index is 1.69. The highest BCUT2D eigenvalue weighted by Gasteiger charge is 2.24. The van der Waals surface area contributed by atoms with Gasteiger partial charge in [-0.15, -0.1) is 0 Å². The molecule has 0 radical (unpaired) electrons. The van der Waals surface area contributed by atoms with Crippen molar-refractivity contribution < 1.29 is 22.7 Å². The van der Waals surface area contributed by atoms with Gasteiger partial charge < -0.3 is 19.7 Å². The second-order valence-corrected chi connectivity index (χ2v) is 10.4. The molecule has 2 aromatic heterocycles. The summed E-state index contributed by atoms with van der Waals surface area (Å²) in [4.78, 5) is 19.0. The maximum Gasteiger partial charge on any atom is 0.272 e. The van der Waals surface area contributed by atoms with Gasteiger partial charge in [0.25, 0.3) is 5.91 Å². The quantitative estimate of drug-likeness (QED) is 0.471. The van der Waals surface area contributed by atoms with Crippen molar-refractivity contribution in [3.63, 3.8) is 0 Å². The highest BCUT2D eigenvalue weighted by molar-refractivity contribution is 7.90. The molecule has 0 aliphatic carbocycles. The van der Waals surface area contributed by atoms with E-state index >= 15 is 0 Å². The molecular weight excluding hydrogens is 444 g/mol. The zero-order valence-electron chi connectivity index (χ0n) is 18.2. The number of hydrogen-bond acceptors (Lipinski definition) is 8. The number of hydrogen-bond donors (Lipinski definition) is 3. The highest BCUT2D eigenvalue weighted by atomic mass is 32.2. The number of aliphatic hydroxyl groups is 1. The standard InChI is InChI=1S/C23H26N4O5S/c1-33(30,31)14-26-19-11-20(23(29)27-9-4-5-15(28)8-10-27)25-12-17(19)22(24)18-13-32-21-7-3-2-6-16(18)21/h2-3,6-7,11-13,15,24,28H,4-5,8-10,14H2,1H3,(H,25,26). The summed E-state index contributed by atoms with van der Waals surface area (Å²) in [6.45, 7) is 0.939. The van der Waals surface area contributed by atoms with Crippen LogP contribution in [0.5, 0.6) is 0 Å². The summed E-state index contributed by atoms with van der Waals surface area (Å²) in [5.74, 6) is -0.647. The first-order valence-corrected chi connectivity index (χ1v) is 12.7. The Bertz CT molecular complexity index is 1300. The number of likely N-dealkylation sites (tertiary alicyclic amines) is 1. The molecule has 33 heavy (non-hydrogen) atoms. The van der Waals surface area contributed by atoms with Crippen molar-refractivity contribution in [3.8, 4) is 0 Å². The summed E-state index contributed by atoms with van der Waals surface area (Å²) in [6.07, 6.45) is 5.42. The average Bonchev–Trinajstić information content (AvgIpc) is 3.10. The highest BCUT2D eigenvalue weighted by Crippen LogP contribution is 2.27. The van der Waals surface area contributed by atoms with E-state index in [9.17, 15) is 18.3 Å². The third-order valence-electron chi connectivity index (χ3n) is 5.65. The molecule has 3 N–H and O–H groups in total. The number of nitrogens with zero attached hydrogens (tertiary/aromatic N) is 2. The minimum atomic E-state index is -3.36. The molecule has 0 bridgehead atoms. The number of amides is 1. The summed E-state index contributed by atoms with van der Waals surface area (Å²) in [5.41, 5.74) is 2.09. The van der Waals surface area contributed by atoms with E-state index in [0.29, 0.717) is 54.7 Å². The van der Waals surface area contributed by atoms with Crippen LogP contribution < -0.4 is 5.32 Å². The minimum absolute atomic E-state index is 0.0975. The number of para-hydroxylation sites is 1. The van der Waals surface area contributed by atoms with Crippen LogP contribution in [0.4, 0.5) is 5.69 Å². The summed E-state index contributed by atoms with van der Waals surface area (Å²) in [7, 11) is -3.36. The SMILES string of the molecule is CS(=O)(=O)CNc1cc(C(=O)N2CCCC(O)CC2)ncc1C(=N)c1coc2ccccc12. The van der Waals surface area contributed by atoms with Crippen LogP contribution in [0.3, 0.4) is 0 Å². The number of fused-ring (bicyclic) bond motifs is 1. The Morgan fingerprint density at radius 2 is 2.06 bits per heavy atom. The van der Waals surface area contributed by atoms with Crippen LogP contribution in [-0.4, -0.2) is 66.4 Å². The molecule has 1 aliphatic heterocycles. The van der Waals surface area contributed by atoms with E-state index in [4.69, 9.17) is 9.83 Å². The predicted molar refractivity (Wildman–Crippen MR) is 125 cm³/mol. The van der Waals surface area contributed by atoms with Gasteiger partial charge in [0.15, 0.2) is 9.84 Å². The molecule has 1 saturated heterocycles. The second-order valence-electron chi connectivity index (χ2n) is 8.26. The number of anilines is 1. The van der Waals surface area contributed by atoms with E-state index in [1.807, 2.05) is 18.2 Å².